The van der Waals surface area contributed by atoms with Crippen molar-refractivity contribution in [3.63, 3.8) is 0 Å². The standard InChI is InChI=1S/C16H19FN2O7/c1-4-25-14(21)16(18-10(3)20,15(22)26-5-2)9-11-8-12(19(23)24)6-7-13(11)17/h6-8H,4-5,9H2,1-3H3,(H,18,20). The topological polar surface area (TPSA) is 125 Å². The highest BCUT2D eigenvalue weighted by atomic mass is 19.1. The van der Waals surface area contributed by atoms with Gasteiger partial charge in [0.05, 0.1) is 18.1 Å². The minimum atomic E-state index is -2.37. The fraction of sp³-hybridized carbons (Fsp3) is 0.438. The number of benzene rings is 1. The molecule has 0 unspecified atom stereocenters. The van der Waals surface area contributed by atoms with Crippen molar-refractivity contribution in [2.45, 2.75) is 32.7 Å². The molecule has 0 bridgehead atoms. The highest BCUT2D eigenvalue weighted by Gasteiger charge is 2.50. The van der Waals surface area contributed by atoms with Crippen molar-refractivity contribution < 1.29 is 33.2 Å². The predicted octanol–water partition coefficient (Wildman–Crippen LogP) is 1.28. The number of halogens is 1. The third-order valence-electron chi connectivity index (χ3n) is 3.33. The van der Waals surface area contributed by atoms with E-state index in [-0.39, 0.29) is 18.8 Å². The van der Waals surface area contributed by atoms with Gasteiger partial charge in [0.25, 0.3) is 5.69 Å². The molecule has 0 aliphatic heterocycles. The van der Waals surface area contributed by atoms with E-state index in [4.69, 9.17) is 9.47 Å². The van der Waals surface area contributed by atoms with Crippen LogP contribution in [0.25, 0.3) is 0 Å². The van der Waals surface area contributed by atoms with Crippen LogP contribution in [0.3, 0.4) is 0 Å². The summed E-state index contributed by atoms with van der Waals surface area (Å²) < 4.78 is 23.9. The molecule has 1 rings (SSSR count). The van der Waals surface area contributed by atoms with Crippen LogP contribution < -0.4 is 5.32 Å². The van der Waals surface area contributed by atoms with Crippen molar-refractivity contribution in [1.29, 1.82) is 0 Å². The minimum absolute atomic E-state index is 0.114. The maximum atomic E-state index is 14.2. The first-order valence-electron chi connectivity index (χ1n) is 7.74. The molecule has 0 aliphatic carbocycles. The molecule has 10 heteroatoms. The number of nitro benzene ring substituents is 1. The molecule has 0 aromatic heterocycles. The van der Waals surface area contributed by atoms with Crippen LogP contribution in [0.5, 0.6) is 0 Å². The van der Waals surface area contributed by atoms with Gasteiger partial charge in [0, 0.05) is 25.5 Å². The van der Waals surface area contributed by atoms with Gasteiger partial charge in [-0.2, -0.15) is 0 Å². The van der Waals surface area contributed by atoms with Crippen molar-refractivity contribution in [1.82, 2.24) is 5.32 Å². The molecule has 1 N–H and O–H groups in total. The number of esters is 2. The van der Waals surface area contributed by atoms with Gasteiger partial charge >= 0.3 is 11.9 Å². The van der Waals surface area contributed by atoms with Crippen LogP contribution >= 0.6 is 0 Å². The van der Waals surface area contributed by atoms with E-state index in [1.807, 2.05) is 0 Å². The summed E-state index contributed by atoms with van der Waals surface area (Å²) >= 11 is 0. The Morgan fingerprint density at radius 3 is 2.15 bits per heavy atom. The molecule has 0 saturated carbocycles. The molecule has 0 saturated heterocycles. The zero-order valence-corrected chi connectivity index (χ0v) is 14.5. The second kappa shape index (κ2) is 8.88. The minimum Gasteiger partial charge on any atom is -0.464 e. The number of rotatable bonds is 8. The summed E-state index contributed by atoms with van der Waals surface area (Å²) in [7, 11) is 0. The zero-order valence-electron chi connectivity index (χ0n) is 14.5. The van der Waals surface area contributed by atoms with Gasteiger partial charge in [0.2, 0.25) is 11.4 Å². The zero-order chi connectivity index (χ0) is 19.9. The second-order valence-corrected chi connectivity index (χ2v) is 5.24. The van der Waals surface area contributed by atoms with Gasteiger partial charge in [0.15, 0.2) is 0 Å². The summed E-state index contributed by atoms with van der Waals surface area (Å²) in [6.07, 6.45) is -0.711. The van der Waals surface area contributed by atoms with E-state index in [0.717, 1.165) is 25.1 Å². The van der Waals surface area contributed by atoms with Crippen molar-refractivity contribution in [3.05, 3.63) is 39.7 Å². The summed E-state index contributed by atoms with van der Waals surface area (Å²) in [5.74, 6) is -3.96. The molecule has 1 aromatic rings. The first kappa shape index (κ1) is 21.0. The normalized spacial score (nSPS) is 10.8. The fourth-order valence-corrected chi connectivity index (χ4v) is 2.28. The highest BCUT2D eigenvalue weighted by molar-refractivity contribution is 6.08. The molecule has 142 valence electrons. The van der Waals surface area contributed by atoms with Crippen molar-refractivity contribution >= 4 is 23.5 Å². The van der Waals surface area contributed by atoms with Crippen LogP contribution in [-0.2, 0) is 30.3 Å². The average Bonchev–Trinajstić information content (AvgIpc) is 2.55. The van der Waals surface area contributed by atoms with E-state index < -0.39 is 46.2 Å². The Kier molecular flexibility index (Phi) is 7.17. The average molecular weight is 370 g/mol. The van der Waals surface area contributed by atoms with Crippen molar-refractivity contribution in [2.75, 3.05) is 13.2 Å². The number of hydrogen-bond acceptors (Lipinski definition) is 7. The van der Waals surface area contributed by atoms with Crippen LogP contribution in [0.2, 0.25) is 0 Å². The maximum absolute atomic E-state index is 14.2. The third kappa shape index (κ3) is 4.74. The lowest BCUT2D eigenvalue weighted by atomic mass is 9.89. The highest BCUT2D eigenvalue weighted by Crippen LogP contribution is 2.24. The summed E-state index contributed by atoms with van der Waals surface area (Å²) in [6, 6.07) is 2.65. The Morgan fingerprint density at radius 1 is 1.19 bits per heavy atom. The van der Waals surface area contributed by atoms with E-state index in [2.05, 4.69) is 5.32 Å². The molecule has 0 fully saturated rings. The maximum Gasteiger partial charge on any atom is 0.344 e. The van der Waals surface area contributed by atoms with Gasteiger partial charge in [-0.05, 0) is 25.5 Å². The SMILES string of the molecule is CCOC(=O)C(Cc1cc([N+](=O)[O-])ccc1F)(NC(C)=O)C(=O)OCC. The van der Waals surface area contributed by atoms with Crippen molar-refractivity contribution in [2.24, 2.45) is 0 Å². The lowest BCUT2D eigenvalue weighted by molar-refractivity contribution is -0.385. The first-order valence-corrected chi connectivity index (χ1v) is 7.74. The van der Waals surface area contributed by atoms with Gasteiger partial charge in [-0.15, -0.1) is 0 Å². The van der Waals surface area contributed by atoms with Crippen LogP contribution in [0.15, 0.2) is 18.2 Å². The smallest absolute Gasteiger partial charge is 0.344 e. The van der Waals surface area contributed by atoms with E-state index >= 15 is 0 Å². The summed E-state index contributed by atoms with van der Waals surface area (Å²) in [5.41, 5.74) is -3.13. The molecular formula is C16H19FN2O7. The summed E-state index contributed by atoms with van der Waals surface area (Å²) in [4.78, 5) is 46.7. The lowest BCUT2D eigenvalue weighted by Gasteiger charge is -2.29. The van der Waals surface area contributed by atoms with E-state index in [1.54, 1.807) is 0 Å². The fourth-order valence-electron chi connectivity index (χ4n) is 2.28. The Bertz CT molecular complexity index is 703. The Balaban J connectivity index is 3.50. The van der Waals surface area contributed by atoms with E-state index in [0.29, 0.717) is 0 Å². The van der Waals surface area contributed by atoms with Gasteiger partial charge in [0.1, 0.15) is 5.82 Å². The Morgan fingerprint density at radius 2 is 1.73 bits per heavy atom. The van der Waals surface area contributed by atoms with Gasteiger partial charge in [-0.1, -0.05) is 0 Å². The van der Waals surface area contributed by atoms with Crippen LogP contribution in [0.1, 0.15) is 26.3 Å². The quantitative estimate of drug-likeness (QED) is 0.316. The largest absolute Gasteiger partial charge is 0.464 e. The number of nitro groups is 1. The molecule has 0 heterocycles. The monoisotopic (exact) mass is 370 g/mol. The number of amides is 1. The summed E-state index contributed by atoms with van der Waals surface area (Å²) in [6.45, 7) is 3.79. The number of hydrogen-bond donors (Lipinski definition) is 1. The number of non-ortho nitro benzene ring substituents is 1. The number of carbonyl (C=O) groups excluding carboxylic acids is 3. The molecule has 0 aliphatic rings. The van der Waals surface area contributed by atoms with Crippen LogP contribution in [0, 0.1) is 15.9 Å². The predicted molar refractivity (Wildman–Crippen MR) is 86.6 cm³/mol. The molecule has 1 aromatic carbocycles. The van der Waals surface area contributed by atoms with E-state index in [9.17, 15) is 28.9 Å². The van der Waals surface area contributed by atoms with Crippen LogP contribution in [-0.4, -0.2) is 41.5 Å². The number of ether oxygens (including phenoxy) is 2. The number of carbonyl (C=O) groups is 3. The Labute approximate surface area is 148 Å². The van der Waals surface area contributed by atoms with E-state index in [1.165, 1.54) is 13.8 Å². The third-order valence-corrected chi connectivity index (χ3v) is 3.33. The van der Waals surface area contributed by atoms with Gasteiger partial charge < -0.3 is 14.8 Å². The molecule has 0 radical (unpaired) electrons. The lowest BCUT2D eigenvalue weighted by Crippen LogP contribution is -2.62. The molecule has 0 spiro atoms. The molecule has 0 atom stereocenters. The molecule has 1 amide bonds. The molecular weight excluding hydrogens is 351 g/mol. The second-order valence-electron chi connectivity index (χ2n) is 5.24. The molecule has 26 heavy (non-hydrogen) atoms. The molecule has 9 nitrogen and oxygen atoms in total. The summed E-state index contributed by atoms with van der Waals surface area (Å²) in [5, 5.41) is 13.1. The first-order chi connectivity index (χ1) is 12.2. The number of nitrogens with zero attached hydrogens (tertiary/aromatic N) is 1. The van der Waals surface area contributed by atoms with Gasteiger partial charge in [-0.25, -0.2) is 14.0 Å². The van der Waals surface area contributed by atoms with Crippen LogP contribution in [0.4, 0.5) is 10.1 Å². The van der Waals surface area contributed by atoms with Gasteiger partial charge in [-0.3, -0.25) is 14.9 Å². The van der Waals surface area contributed by atoms with Crippen molar-refractivity contribution in [3.8, 4) is 0 Å². The Hall–Kier alpha value is -3.04. The number of nitrogens with one attached hydrogen (secondary N) is 1.